The van der Waals surface area contributed by atoms with Crippen LogP contribution < -0.4 is 42.4 Å². The first-order valence-corrected chi connectivity index (χ1v) is 12.6. The van der Waals surface area contributed by atoms with Gasteiger partial charge in [-0.3, -0.25) is 0 Å². The van der Waals surface area contributed by atoms with E-state index in [1.54, 1.807) is 0 Å². The molecule has 0 radical (unpaired) electrons. The summed E-state index contributed by atoms with van der Waals surface area (Å²) in [5, 5.41) is 2.67. The predicted molar refractivity (Wildman–Crippen MR) is 97.3 cm³/mol. The van der Waals surface area contributed by atoms with Gasteiger partial charge in [-0.15, -0.1) is 0 Å². The van der Waals surface area contributed by atoms with Gasteiger partial charge in [0.25, 0.3) is 0 Å². The van der Waals surface area contributed by atoms with Crippen molar-refractivity contribution in [2.75, 3.05) is 0 Å². The van der Waals surface area contributed by atoms with Crippen molar-refractivity contribution in [2.24, 2.45) is 0 Å². The van der Waals surface area contributed by atoms with Gasteiger partial charge in [-0.1, -0.05) is 0 Å². The number of benzene rings is 4. The zero-order chi connectivity index (χ0) is 17.8. The van der Waals surface area contributed by atoms with Crippen molar-refractivity contribution in [3.05, 3.63) is 113 Å². The molecule has 0 spiro atoms. The second-order valence-electron chi connectivity index (χ2n) is 5.73. The van der Waals surface area contributed by atoms with E-state index in [0.29, 0.717) is 0 Å². The van der Waals surface area contributed by atoms with Crippen molar-refractivity contribution in [3.8, 4) is 0 Å². The van der Waals surface area contributed by atoms with Crippen LogP contribution in [-0.2, 0) is 0 Å². The molecule has 0 aliphatic rings. The molecule has 0 aliphatic heterocycles. The van der Waals surface area contributed by atoms with E-state index in [4.69, 9.17) is 0 Å². The molecule has 3 heteroatoms. The number of carbonyl (C=O) groups excluding carboxylic acids is 1. The van der Waals surface area contributed by atoms with Gasteiger partial charge in [-0.05, 0) is 0 Å². The number of halogens is 2. The van der Waals surface area contributed by atoms with Crippen molar-refractivity contribution < 1.29 is 47.2 Å². The van der Waals surface area contributed by atoms with Gasteiger partial charge in [0.1, 0.15) is 0 Å². The molecule has 4 aromatic rings. The summed E-state index contributed by atoms with van der Waals surface area (Å²) in [5.74, 6) is 0. The van der Waals surface area contributed by atoms with E-state index in [1.807, 2.05) is 30.3 Å². The van der Waals surface area contributed by atoms with Gasteiger partial charge in [0, 0.05) is 0 Å². The van der Waals surface area contributed by atoms with Crippen molar-refractivity contribution in [1.82, 2.24) is 0 Å². The summed E-state index contributed by atoms with van der Waals surface area (Å²) < 4.78 is 4.30. The summed E-state index contributed by atoms with van der Waals surface area (Å²) in [6, 6.07) is 33.5. The first kappa shape index (κ1) is 17.7. The SMILES string of the molecule is O=C([I-]c1ccc([I-]c2cccc3ccccc23)cc1)c1ccccc1. The Bertz CT molecular complexity index is 1040. The van der Waals surface area contributed by atoms with Gasteiger partial charge in [-0.2, -0.15) is 0 Å². The number of carbonyl (C=O) groups is 1. The minimum atomic E-state index is -0.643. The fraction of sp³-hybridized carbons (Fsp3) is 0. The average molecular weight is 562 g/mol. The Morgan fingerprint density at radius 3 is 2.08 bits per heavy atom. The van der Waals surface area contributed by atoms with E-state index in [9.17, 15) is 4.79 Å². The molecular weight excluding hydrogens is 546 g/mol. The first-order valence-electron chi connectivity index (χ1n) is 8.26. The van der Waals surface area contributed by atoms with Crippen molar-refractivity contribution >= 4 is 14.6 Å². The molecular formula is C23H16I2O-2. The zero-order valence-corrected chi connectivity index (χ0v) is 18.2. The fourth-order valence-electron chi connectivity index (χ4n) is 2.66. The van der Waals surface area contributed by atoms with Crippen LogP contribution in [0, 0.1) is 10.7 Å². The van der Waals surface area contributed by atoms with Crippen molar-refractivity contribution in [3.63, 3.8) is 0 Å². The minimum absolute atomic E-state index is 0.225. The summed E-state index contributed by atoms with van der Waals surface area (Å²) in [7, 11) is 0. The van der Waals surface area contributed by atoms with Crippen LogP contribution in [0.2, 0.25) is 0 Å². The van der Waals surface area contributed by atoms with Gasteiger partial charge in [0.15, 0.2) is 0 Å². The number of fused-ring (bicyclic) bond motifs is 1. The van der Waals surface area contributed by atoms with Gasteiger partial charge in [-0.25, -0.2) is 0 Å². The Kier molecular flexibility index (Phi) is 5.65. The third-order valence-electron chi connectivity index (χ3n) is 3.95. The molecule has 0 heterocycles. The van der Waals surface area contributed by atoms with Crippen LogP contribution in [0.4, 0.5) is 0 Å². The van der Waals surface area contributed by atoms with E-state index >= 15 is 0 Å². The maximum atomic E-state index is 12.4. The molecule has 0 aromatic heterocycles. The molecule has 0 amide bonds. The standard InChI is InChI=1S/C23H16I2O/c26-23(18-8-2-1-3-9-18)25-20-15-13-19(14-16-20)24-22-12-6-10-17-7-4-5-11-21(17)22/h1-16H/q-2. The van der Waals surface area contributed by atoms with Crippen LogP contribution in [0.3, 0.4) is 0 Å². The topological polar surface area (TPSA) is 17.1 Å². The predicted octanol–water partition coefficient (Wildman–Crippen LogP) is -0.933. The van der Waals surface area contributed by atoms with Crippen LogP contribution in [0.25, 0.3) is 10.8 Å². The Labute approximate surface area is 174 Å². The quantitative estimate of drug-likeness (QED) is 0.227. The summed E-state index contributed by atoms with van der Waals surface area (Å²) in [5.41, 5.74) is 0.826. The van der Waals surface area contributed by atoms with Crippen LogP contribution in [0.1, 0.15) is 10.4 Å². The summed E-state index contributed by atoms with van der Waals surface area (Å²) in [6.45, 7) is 0. The van der Waals surface area contributed by atoms with Crippen LogP contribution >= 0.6 is 0 Å². The molecule has 4 rings (SSSR count). The second kappa shape index (κ2) is 8.31. The average Bonchev–Trinajstić information content (AvgIpc) is 2.70. The van der Waals surface area contributed by atoms with Gasteiger partial charge in [0.2, 0.25) is 0 Å². The molecule has 4 aromatic carbocycles. The molecule has 0 aliphatic carbocycles. The van der Waals surface area contributed by atoms with Crippen molar-refractivity contribution in [1.29, 1.82) is 0 Å². The van der Waals surface area contributed by atoms with Crippen LogP contribution in [0.15, 0.2) is 97.1 Å². The van der Waals surface area contributed by atoms with Crippen molar-refractivity contribution in [2.45, 2.75) is 0 Å². The van der Waals surface area contributed by atoms with Gasteiger partial charge < -0.3 is 0 Å². The Hall–Kier alpha value is -1.73. The molecule has 0 atom stereocenters. The van der Waals surface area contributed by atoms with Crippen LogP contribution in [-0.4, -0.2) is 3.79 Å². The normalized spacial score (nSPS) is 11.1. The third kappa shape index (κ3) is 4.15. The number of hydrogen-bond donors (Lipinski definition) is 0. The van der Waals surface area contributed by atoms with E-state index in [-0.39, 0.29) is 25.0 Å². The molecule has 130 valence electrons. The molecule has 26 heavy (non-hydrogen) atoms. The third-order valence-corrected chi connectivity index (χ3v) is 9.27. The molecule has 0 bridgehead atoms. The summed E-state index contributed by atoms with van der Waals surface area (Å²) in [4.78, 5) is 12.4. The van der Waals surface area contributed by atoms with E-state index in [2.05, 4.69) is 66.7 Å². The molecule has 0 saturated carbocycles. The van der Waals surface area contributed by atoms with E-state index < -0.39 is 21.2 Å². The zero-order valence-electron chi connectivity index (χ0n) is 13.9. The molecule has 0 unspecified atom stereocenters. The number of hydrogen-bond acceptors (Lipinski definition) is 1. The van der Waals surface area contributed by atoms with E-state index in [0.717, 1.165) is 5.56 Å². The monoisotopic (exact) mass is 562 g/mol. The fourth-order valence-corrected chi connectivity index (χ4v) is 7.18. The first-order chi connectivity index (χ1) is 12.8. The van der Waals surface area contributed by atoms with Crippen LogP contribution in [0.5, 0.6) is 0 Å². The summed E-state index contributed by atoms with van der Waals surface area (Å²) in [6.07, 6.45) is 0. The number of rotatable bonds is 5. The molecule has 0 saturated heterocycles. The Morgan fingerprint density at radius 1 is 0.615 bits per heavy atom. The Morgan fingerprint density at radius 2 is 1.27 bits per heavy atom. The molecule has 1 nitrogen and oxygen atoms in total. The van der Waals surface area contributed by atoms with Gasteiger partial charge in [0.05, 0.1) is 0 Å². The Balaban J connectivity index is 1.50. The molecule has 0 fully saturated rings. The second-order valence-corrected chi connectivity index (χ2v) is 11.4. The van der Waals surface area contributed by atoms with Gasteiger partial charge >= 0.3 is 175 Å². The summed E-state index contributed by atoms with van der Waals surface area (Å²) >= 11 is -0.868. The van der Waals surface area contributed by atoms with E-state index in [1.165, 1.54) is 21.5 Å². The maximum absolute atomic E-state index is 12.4. The molecule has 0 N–H and O–H groups in total.